The number of benzene rings is 2. The van der Waals surface area contributed by atoms with Gasteiger partial charge in [0, 0.05) is 12.1 Å². The molecule has 2 rings (SSSR count). The lowest BCUT2D eigenvalue weighted by molar-refractivity contribution is -0.141. The van der Waals surface area contributed by atoms with Gasteiger partial charge in [0.25, 0.3) is 0 Å². The summed E-state index contributed by atoms with van der Waals surface area (Å²) < 4.78 is 0. The van der Waals surface area contributed by atoms with Crippen LogP contribution in [-0.4, -0.2) is 40.4 Å². The minimum Gasteiger partial charge on any atom is -0.480 e. The van der Waals surface area contributed by atoms with E-state index in [1.165, 1.54) is 0 Å². The van der Waals surface area contributed by atoms with Crippen molar-refractivity contribution in [2.24, 2.45) is 0 Å². The maximum Gasteiger partial charge on any atom is 0.326 e. The topological polar surface area (TPSA) is 95.5 Å². The van der Waals surface area contributed by atoms with Gasteiger partial charge in [-0.25, -0.2) is 4.79 Å². The van der Waals surface area contributed by atoms with Crippen LogP contribution in [0.25, 0.3) is 0 Å². The zero-order valence-corrected chi connectivity index (χ0v) is 15.8. The highest BCUT2D eigenvalue weighted by molar-refractivity contribution is 8.00. The minimum absolute atomic E-state index is 0.0138. The van der Waals surface area contributed by atoms with Crippen LogP contribution in [0.15, 0.2) is 54.6 Å². The van der Waals surface area contributed by atoms with Crippen LogP contribution in [0.5, 0.6) is 0 Å². The van der Waals surface area contributed by atoms with Crippen molar-refractivity contribution < 1.29 is 19.5 Å². The number of thioether (sulfide) groups is 1. The molecule has 2 aromatic carbocycles. The largest absolute Gasteiger partial charge is 0.480 e. The molecule has 0 heterocycles. The van der Waals surface area contributed by atoms with Crippen LogP contribution in [0.3, 0.4) is 0 Å². The van der Waals surface area contributed by atoms with Crippen LogP contribution >= 0.6 is 11.8 Å². The summed E-state index contributed by atoms with van der Waals surface area (Å²) in [6.07, 6.45) is 0.209. The first kappa shape index (κ1) is 20.5. The molecule has 0 radical (unpaired) electrons. The van der Waals surface area contributed by atoms with Gasteiger partial charge in [-0.05, 0) is 24.6 Å². The Morgan fingerprint density at radius 2 is 1.59 bits per heavy atom. The van der Waals surface area contributed by atoms with Gasteiger partial charge in [0.05, 0.1) is 11.5 Å². The lowest BCUT2D eigenvalue weighted by Gasteiger charge is -2.14. The summed E-state index contributed by atoms with van der Waals surface area (Å²) in [5, 5.41) is 14.5. The fraction of sp³-hybridized carbons (Fsp3) is 0.250. The summed E-state index contributed by atoms with van der Waals surface area (Å²) in [5.74, 6) is -1.59. The number of anilines is 1. The first-order valence-corrected chi connectivity index (χ1v) is 9.60. The highest BCUT2D eigenvalue weighted by atomic mass is 32.2. The van der Waals surface area contributed by atoms with Gasteiger partial charge in [0.1, 0.15) is 6.04 Å². The van der Waals surface area contributed by atoms with E-state index in [0.717, 1.165) is 22.9 Å². The van der Waals surface area contributed by atoms with Gasteiger partial charge in [-0.1, -0.05) is 48.0 Å². The SMILES string of the molecule is Cc1ccc(NC(=O)CSCC(=O)N[C@H](Cc2ccccc2)C(=O)O)cc1. The maximum absolute atomic E-state index is 12.0. The predicted molar refractivity (Wildman–Crippen MR) is 107 cm³/mol. The number of carboxylic acids is 1. The second-order valence-corrected chi connectivity index (χ2v) is 7.04. The molecule has 3 N–H and O–H groups in total. The van der Waals surface area contributed by atoms with Gasteiger partial charge in [-0.3, -0.25) is 9.59 Å². The van der Waals surface area contributed by atoms with E-state index in [9.17, 15) is 19.5 Å². The van der Waals surface area contributed by atoms with Gasteiger partial charge in [0.2, 0.25) is 11.8 Å². The van der Waals surface area contributed by atoms with Crippen LogP contribution in [0.4, 0.5) is 5.69 Å². The van der Waals surface area contributed by atoms with Crippen molar-refractivity contribution in [1.29, 1.82) is 0 Å². The van der Waals surface area contributed by atoms with Gasteiger partial charge in [-0.15, -0.1) is 11.8 Å². The number of amides is 2. The fourth-order valence-electron chi connectivity index (χ4n) is 2.36. The standard InChI is InChI=1S/C20H22N2O4S/c1-14-7-9-16(10-8-14)21-18(23)12-27-13-19(24)22-17(20(25)26)11-15-5-3-2-4-6-15/h2-10,17H,11-13H2,1H3,(H,21,23)(H,22,24)(H,25,26)/t17-/m1/s1. The van der Waals surface area contributed by atoms with Crippen LogP contribution in [0.2, 0.25) is 0 Å². The van der Waals surface area contributed by atoms with Crippen LogP contribution in [0, 0.1) is 6.92 Å². The summed E-state index contributed by atoms with van der Waals surface area (Å²) in [6.45, 7) is 1.96. The van der Waals surface area contributed by atoms with Crippen molar-refractivity contribution in [1.82, 2.24) is 5.32 Å². The average molecular weight is 386 g/mol. The molecule has 0 saturated carbocycles. The Hall–Kier alpha value is -2.80. The van der Waals surface area contributed by atoms with Gasteiger partial charge in [0.15, 0.2) is 0 Å². The first-order chi connectivity index (χ1) is 12.9. The molecule has 6 nitrogen and oxygen atoms in total. The van der Waals surface area contributed by atoms with Crippen LogP contribution in [-0.2, 0) is 20.8 Å². The molecule has 0 aliphatic heterocycles. The Bertz CT molecular complexity index is 778. The lowest BCUT2D eigenvalue weighted by atomic mass is 10.1. The Labute approximate surface area is 162 Å². The third kappa shape index (κ3) is 7.53. The summed E-state index contributed by atoms with van der Waals surface area (Å²) in [6, 6.07) is 15.5. The number of carbonyl (C=O) groups excluding carboxylic acids is 2. The highest BCUT2D eigenvalue weighted by Gasteiger charge is 2.20. The third-order valence-corrected chi connectivity index (χ3v) is 4.65. The Kier molecular flexibility index (Phi) is 7.88. The van der Waals surface area contributed by atoms with Crippen molar-refractivity contribution in [3.8, 4) is 0 Å². The fourth-order valence-corrected chi connectivity index (χ4v) is 2.98. The number of carbonyl (C=O) groups is 3. The number of rotatable bonds is 9. The van der Waals surface area contributed by atoms with Gasteiger partial charge in [-0.2, -0.15) is 0 Å². The molecule has 0 aliphatic rings. The second-order valence-electron chi connectivity index (χ2n) is 6.06. The molecule has 0 saturated heterocycles. The molecule has 0 fully saturated rings. The smallest absolute Gasteiger partial charge is 0.326 e. The number of nitrogens with one attached hydrogen (secondary N) is 2. The zero-order valence-electron chi connectivity index (χ0n) is 15.0. The monoisotopic (exact) mass is 386 g/mol. The Morgan fingerprint density at radius 3 is 2.22 bits per heavy atom. The minimum atomic E-state index is -1.09. The molecule has 1 atom stereocenters. The molecule has 2 aromatic rings. The summed E-state index contributed by atoms with van der Waals surface area (Å²) in [4.78, 5) is 35.3. The molecule has 0 aliphatic carbocycles. The van der Waals surface area contributed by atoms with Gasteiger partial charge >= 0.3 is 5.97 Å². The van der Waals surface area contributed by atoms with E-state index in [4.69, 9.17) is 0 Å². The number of hydrogen-bond donors (Lipinski definition) is 3. The van der Waals surface area contributed by atoms with Gasteiger partial charge < -0.3 is 15.7 Å². The molecule has 2 amide bonds. The Morgan fingerprint density at radius 1 is 0.963 bits per heavy atom. The van der Waals surface area contributed by atoms with E-state index in [1.807, 2.05) is 61.5 Å². The number of carboxylic acid groups (broad SMARTS) is 1. The molecule has 0 bridgehead atoms. The highest BCUT2D eigenvalue weighted by Crippen LogP contribution is 2.10. The first-order valence-electron chi connectivity index (χ1n) is 8.44. The van der Waals surface area contributed by atoms with E-state index in [0.29, 0.717) is 5.69 Å². The van der Waals surface area contributed by atoms with E-state index in [1.54, 1.807) is 0 Å². The van der Waals surface area contributed by atoms with E-state index >= 15 is 0 Å². The normalized spacial score (nSPS) is 11.4. The number of aliphatic carboxylic acids is 1. The molecule has 0 aromatic heterocycles. The summed E-state index contributed by atoms with van der Waals surface area (Å²) in [5.41, 5.74) is 2.63. The van der Waals surface area contributed by atoms with Crippen molar-refractivity contribution in [3.63, 3.8) is 0 Å². The van der Waals surface area contributed by atoms with Crippen molar-refractivity contribution in [3.05, 3.63) is 65.7 Å². The molecule has 7 heteroatoms. The third-order valence-electron chi connectivity index (χ3n) is 3.72. The second kappa shape index (κ2) is 10.4. The zero-order chi connectivity index (χ0) is 19.6. The molecule has 142 valence electrons. The van der Waals surface area contributed by atoms with Crippen LogP contribution in [0.1, 0.15) is 11.1 Å². The van der Waals surface area contributed by atoms with E-state index in [-0.39, 0.29) is 23.8 Å². The van der Waals surface area contributed by atoms with Crippen molar-refractivity contribution >= 4 is 35.2 Å². The van der Waals surface area contributed by atoms with E-state index in [2.05, 4.69) is 10.6 Å². The molecular formula is C20H22N2O4S. The summed E-state index contributed by atoms with van der Waals surface area (Å²) >= 11 is 1.13. The number of aryl methyl sites for hydroxylation is 1. The number of hydrogen-bond acceptors (Lipinski definition) is 4. The predicted octanol–water partition coefficient (Wildman–Crippen LogP) is 2.48. The molecule has 0 spiro atoms. The molecule has 0 unspecified atom stereocenters. The quantitative estimate of drug-likeness (QED) is 0.615. The maximum atomic E-state index is 12.0. The lowest BCUT2D eigenvalue weighted by Crippen LogP contribution is -2.43. The van der Waals surface area contributed by atoms with E-state index < -0.39 is 17.9 Å². The summed E-state index contributed by atoms with van der Waals surface area (Å²) in [7, 11) is 0. The average Bonchev–Trinajstić information content (AvgIpc) is 2.64. The molecule has 27 heavy (non-hydrogen) atoms. The Balaban J connectivity index is 1.74. The van der Waals surface area contributed by atoms with Crippen LogP contribution < -0.4 is 10.6 Å². The van der Waals surface area contributed by atoms with Crippen molar-refractivity contribution in [2.45, 2.75) is 19.4 Å². The van der Waals surface area contributed by atoms with Crippen molar-refractivity contribution in [2.75, 3.05) is 16.8 Å². The molecular weight excluding hydrogens is 364 g/mol.